The van der Waals surface area contributed by atoms with Crippen LogP contribution in [0.5, 0.6) is 5.75 Å². The molecule has 1 aromatic heterocycles. The maximum absolute atomic E-state index is 6.23. The summed E-state index contributed by atoms with van der Waals surface area (Å²) in [5.74, 6) is 0.850. The van der Waals surface area contributed by atoms with Crippen LogP contribution in [0, 0.1) is 6.92 Å². The summed E-state index contributed by atoms with van der Waals surface area (Å²) < 4.78 is 10.6. The van der Waals surface area contributed by atoms with E-state index in [-0.39, 0.29) is 0 Å². The first kappa shape index (κ1) is 12.1. The van der Waals surface area contributed by atoms with E-state index in [4.69, 9.17) is 20.9 Å². The maximum atomic E-state index is 6.23. The van der Waals surface area contributed by atoms with Crippen molar-refractivity contribution in [1.29, 1.82) is 0 Å². The first-order chi connectivity index (χ1) is 9.20. The molecule has 19 heavy (non-hydrogen) atoms. The maximum Gasteiger partial charge on any atom is 0.169 e. The van der Waals surface area contributed by atoms with E-state index in [2.05, 4.69) is 5.16 Å². The highest BCUT2D eigenvalue weighted by Crippen LogP contribution is 2.34. The van der Waals surface area contributed by atoms with Crippen LogP contribution in [0.3, 0.4) is 0 Å². The zero-order valence-electron chi connectivity index (χ0n) is 10.6. The summed E-state index contributed by atoms with van der Waals surface area (Å²) in [4.78, 5) is 0. The third kappa shape index (κ3) is 1.96. The minimum absolute atomic E-state index is 0.641. The Bertz CT molecular complexity index is 749. The van der Waals surface area contributed by atoms with E-state index in [0.717, 1.165) is 28.0 Å². The fourth-order valence-electron chi connectivity index (χ4n) is 2.17. The lowest BCUT2D eigenvalue weighted by atomic mass is 10.0. The van der Waals surface area contributed by atoms with Crippen LogP contribution >= 0.6 is 11.6 Å². The van der Waals surface area contributed by atoms with Gasteiger partial charge in [-0.1, -0.05) is 22.8 Å². The average Bonchev–Trinajstić information content (AvgIpc) is 2.84. The second kappa shape index (κ2) is 4.59. The molecule has 3 aromatic rings. The second-order valence-corrected chi connectivity index (χ2v) is 4.74. The molecule has 1 heterocycles. The van der Waals surface area contributed by atoms with Crippen LogP contribution in [0.2, 0.25) is 5.02 Å². The summed E-state index contributed by atoms with van der Waals surface area (Å²) in [6.45, 7) is 1.99. The first-order valence-corrected chi connectivity index (χ1v) is 6.27. The molecule has 0 bridgehead atoms. The Morgan fingerprint density at radius 3 is 2.79 bits per heavy atom. The fraction of sp³-hybridized carbons (Fsp3) is 0.133. The SMILES string of the molecule is COc1ccc(-c2noc3cccc(Cl)c23)cc1C. The van der Waals surface area contributed by atoms with Crippen molar-refractivity contribution in [3.05, 3.63) is 47.0 Å². The van der Waals surface area contributed by atoms with Gasteiger partial charge in [-0.2, -0.15) is 0 Å². The highest BCUT2D eigenvalue weighted by molar-refractivity contribution is 6.36. The zero-order chi connectivity index (χ0) is 13.4. The molecule has 4 heteroatoms. The number of rotatable bonds is 2. The van der Waals surface area contributed by atoms with E-state index in [9.17, 15) is 0 Å². The average molecular weight is 274 g/mol. The molecule has 0 saturated heterocycles. The molecule has 0 spiro atoms. The summed E-state index contributed by atoms with van der Waals surface area (Å²) in [6, 6.07) is 11.4. The van der Waals surface area contributed by atoms with Crippen molar-refractivity contribution < 1.29 is 9.26 Å². The fourth-order valence-corrected chi connectivity index (χ4v) is 2.43. The quantitative estimate of drug-likeness (QED) is 0.691. The van der Waals surface area contributed by atoms with Gasteiger partial charge in [0.2, 0.25) is 0 Å². The number of methoxy groups -OCH3 is 1. The number of halogens is 1. The first-order valence-electron chi connectivity index (χ1n) is 5.89. The van der Waals surface area contributed by atoms with Gasteiger partial charge in [0, 0.05) is 5.56 Å². The van der Waals surface area contributed by atoms with Gasteiger partial charge >= 0.3 is 0 Å². The molecule has 0 amide bonds. The molecule has 96 valence electrons. The lowest BCUT2D eigenvalue weighted by Gasteiger charge is -2.06. The Balaban J connectivity index is 2.22. The van der Waals surface area contributed by atoms with Gasteiger partial charge in [0.25, 0.3) is 0 Å². The normalized spacial score (nSPS) is 10.9. The van der Waals surface area contributed by atoms with Crippen LogP contribution in [0.4, 0.5) is 0 Å². The number of aromatic nitrogens is 1. The molecule has 0 aliphatic carbocycles. The van der Waals surface area contributed by atoms with Crippen LogP contribution in [0.25, 0.3) is 22.2 Å². The van der Waals surface area contributed by atoms with Gasteiger partial charge < -0.3 is 9.26 Å². The van der Waals surface area contributed by atoms with Gasteiger partial charge in [0.15, 0.2) is 5.58 Å². The molecule has 0 saturated carbocycles. The third-order valence-corrected chi connectivity index (χ3v) is 3.43. The summed E-state index contributed by atoms with van der Waals surface area (Å²) in [5.41, 5.74) is 3.45. The summed E-state index contributed by atoms with van der Waals surface area (Å²) in [5, 5.41) is 5.61. The van der Waals surface area contributed by atoms with Gasteiger partial charge in [0.05, 0.1) is 17.5 Å². The van der Waals surface area contributed by atoms with Gasteiger partial charge in [-0.25, -0.2) is 0 Å². The van der Waals surface area contributed by atoms with Gasteiger partial charge in [-0.05, 0) is 42.8 Å². The van der Waals surface area contributed by atoms with E-state index in [0.29, 0.717) is 10.6 Å². The van der Waals surface area contributed by atoms with E-state index >= 15 is 0 Å². The molecule has 0 aliphatic heterocycles. The highest BCUT2D eigenvalue weighted by atomic mass is 35.5. The van der Waals surface area contributed by atoms with Crippen molar-refractivity contribution in [2.24, 2.45) is 0 Å². The van der Waals surface area contributed by atoms with Gasteiger partial charge in [-0.3, -0.25) is 0 Å². The second-order valence-electron chi connectivity index (χ2n) is 4.33. The minimum atomic E-state index is 0.641. The molecule has 0 atom stereocenters. The molecule has 3 rings (SSSR count). The molecule has 0 N–H and O–H groups in total. The number of hydrogen-bond donors (Lipinski definition) is 0. The van der Waals surface area contributed by atoms with E-state index in [1.807, 2.05) is 43.3 Å². The molecule has 0 radical (unpaired) electrons. The van der Waals surface area contributed by atoms with Crippen molar-refractivity contribution in [3.63, 3.8) is 0 Å². The molecular formula is C15H12ClNO2. The third-order valence-electron chi connectivity index (χ3n) is 3.12. The molecular weight excluding hydrogens is 262 g/mol. The predicted molar refractivity (Wildman–Crippen MR) is 75.7 cm³/mol. The highest BCUT2D eigenvalue weighted by Gasteiger charge is 2.14. The molecule has 3 nitrogen and oxygen atoms in total. The number of ether oxygens (including phenoxy) is 1. The minimum Gasteiger partial charge on any atom is -0.496 e. The number of hydrogen-bond acceptors (Lipinski definition) is 3. The number of fused-ring (bicyclic) bond motifs is 1. The zero-order valence-corrected chi connectivity index (χ0v) is 11.4. The van der Waals surface area contributed by atoms with E-state index in [1.165, 1.54) is 0 Å². The van der Waals surface area contributed by atoms with Crippen molar-refractivity contribution >= 4 is 22.6 Å². The summed E-state index contributed by atoms with van der Waals surface area (Å²) in [6.07, 6.45) is 0. The smallest absolute Gasteiger partial charge is 0.169 e. The van der Waals surface area contributed by atoms with Crippen LogP contribution in [0.15, 0.2) is 40.9 Å². The molecule has 0 fully saturated rings. The summed E-state index contributed by atoms with van der Waals surface area (Å²) in [7, 11) is 1.66. The lowest BCUT2D eigenvalue weighted by Crippen LogP contribution is -1.88. The van der Waals surface area contributed by atoms with Crippen LogP contribution < -0.4 is 4.74 Å². The largest absolute Gasteiger partial charge is 0.496 e. The van der Waals surface area contributed by atoms with E-state index in [1.54, 1.807) is 7.11 Å². The van der Waals surface area contributed by atoms with Crippen molar-refractivity contribution in [2.75, 3.05) is 7.11 Å². The molecule has 0 unspecified atom stereocenters. The van der Waals surface area contributed by atoms with E-state index < -0.39 is 0 Å². The van der Waals surface area contributed by atoms with Crippen molar-refractivity contribution in [2.45, 2.75) is 6.92 Å². The lowest BCUT2D eigenvalue weighted by molar-refractivity contribution is 0.411. The predicted octanol–water partition coefficient (Wildman–Crippen LogP) is 4.47. The van der Waals surface area contributed by atoms with Crippen LogP contribution in [-0.2, 0) is 0 Å². The Morgan fingerprint density at radius 1 is 1.21 bits per heavy atom. The monoisotopic (exact) mass is 273 g/mol. The number of nitrogens with zero attached hydrogens (tertiary/aromatic N) is 1. The number of aryl methyl sites for hydroxylation is 1. The molecule has 2 aromatic carbocycles. The van der Waals surface area contributed by atoms with Crippen molar-refractivity contribution in [1.82, 2.24) is 5.16 Å². The van der Waals surface area contributed by atoms with Crippen molar-refractivity contribution in [3.8, 4) is 17.0 Å². The molecule has 0 aliphatic rings. The van der Waals surface area contributed by atoms with Crippen LogP contribution in [0.1, 0.15) is 5.56 Å². The summed E-state index contributed by atoms with van der Waals surface area (Å²) >= 11 is 6.23. The number of benzene rings is 2. The Kier molecular flexibility index (Phi) is 2.91. The van der Waals surface area contributed by atoms with Crippen LogP contribution in [-0.4, -0.2) is 12.3 Å². The Hall–Kier alpha value is -2.00. The standard InChI is InChI=1S/C15H12ClNO2/c1-9-8-10(6-7-12(9)18-2)15-14-11(16)4-3-5-13(14)19-17-15/h3-8H,1-2H3. The van der Waals surface area contributed by atoms with Gasteiger partial charge in [0.1, 0.15) is 11.4 Å². The topological polar surface area (TPSA) is 35.3 Å². The van der Waals surface area contributed by atoms with Gasteiger partial charge in [-0.15, -0.1) is 0 Å². The Labute approximate surface area is 115 Å². The Morgan fingerprint density at radius 2 is 2.05 bits per heavy atom.